The maximum Gasteiger partial charge on any atom is 0.230 e. The van der Waals surface area contributed by atoms with Crippen LogP contribution in [-0.2, 0) is 17.9 Å². The molecule has 1 N–H and O–H groups in total. The molecule has 0 spiro atoms. The van der Waals surface area contributed by atoms with Gasteiger partial charge in [-0.2, -0.15) is 10.2 Å². The minimum absolute atomic E-state index is 0.0294. The van der Waals surface area contributed by atoms with Gasteiger partial charge in [-0.05, 0) is 43.6 Å². The van der Waals surface area contributed by atoms with Crippen LogP contribution in [0.4, 0.5) is 5.82 Å². The second kappa shape index (κ2) is 6.64. The molecular weight excluding hydrogens is 346 g/mol. The number of nitrogens with zero attached hydrogens (tertiary/aromatic N) is 4. The molecule has 2 aromatic rings. The molecule has 1 unspecified atom stereocenters. The smallest absolute Gasteiger partial charge is 0.230 e. The lowest BCUT2D eigenvalue weighted by atomic mass is 10.1. The standard InChI is InChI=1S/C15H22BrN5O/c1-6-20-13(7-10(3)18-20)17-15(22)9(2)8-21-12(5)14(16)11(4)19-21/h7,9H,6,8H2,1-5H3,(H,17,22). The lowest BCUT2D eigenvalue weighted by Crippen LogP contribution is -2.26. The maximum absolute atomic E-state index is 12.4. The van der Waals surface area contributed by atoms with E-state index in [1.54, 1.807) is 4.68 Å². The summed E-state index contributed by atoms with van der Waals surface area (Å²) in [7, 11) is 0. The van der Waals surface area contributed by atoms with Gasteiger partial charge >= 0.3 is 0 Å². The van der Waals surface area contributed by atoms with Crippen molar-refractivity contribution in [3.8, 4) is 0 Å². The summed E-state index contributed by atoms with van der Waals surface area (Å²) in [5.74, 6) is 0.523. The average molecular weight is 368 g/mol. The largest absolute Gasteiger partial charge is 0.311 e. The number of nitrogens with one attached hydrogen (secondary N) is 1. The van der Waals surface area contributed by atoms with Crippen LogP contribution in [0.15, 0.2) is 10.5 Å². The van der Waals surface area contributed by atoms with Gasteiger partial charge in [0.25, 0.3) is 0 Å². The number of carbonyl (C=O) groups excluding carboxylic acids is 1. The molecule has 0 aromatic carbocycles. The van der Waals surface area contributed by atoms with E-state index in [0.29, 0.717) is 6.54 Å². The van der Waals surface area contributed by atoms with Crippen LogP contribution in [0.3, 0.4) is 0 Å². The number of anilines is 1. The maximum atomic E-state index is 12.4. The van der Waals surface area contributed by atoms with E-state index >= 15 is 0 Å². The van der Waals surface area contributed by atoms with Crippen molar-refractivity contribution in [1.82, 2.24) is 19.6 Å². The molecule has 6 nitrogen and oxygen atoms in total. The molecular formula is C15H22BrN5O. The quantitative estimate of drug-likeness (QED) is 0.882. The first-order chi connectivity index (χ1) is 10.3. The molecule has 0 saturated heterocycles. The molecule has 7 heteroatoms. The highest BCUT2D eigenvalue weighted by molar-refractivity contribution is 9.10. The van der Waals surface area contributed by atoms with E-state index in [0.717, 1.165) is 33.9 Å². The van der Waals surface area contributed by atoms with Gasteiger partial charge in [-0.1, -0.05) is 6.92 Å². The highest BCUT2D eigenvalue weighted by Crippen LogP contribution is 2.21. The number of rotatable bonds is 5. The molecule has 1 amide bonds. The van der Waals surface area contributed by atoms with Crippen LogP contribution in [0.25, 0.3) is 0 Å². The lowest BCUT2D eigenvalue weighted by Gasteiger charge is -2.14. The van der Waals surface area contributed by atoms with Gasteiger partial charge in [0.05, 0.1) is 28.3 Å². The van der Waals surface area contributed by atoms with Gasteiger partial charge in [0, 0.05) is 18.3 Å². The van der Waals surface area contributed by atoms with Crippen molar-refractivity contribution in [2.45, 2.75) is 47.7 Å². The van der Waals surface area contributed by atoms with Gasteiger partial charge in [0.2, 0.25) is 5.91 Å². The SMILES string of the molecule is CCn1nc(C)cc1NC(=O)C(C)Cn1nc(C)c(Br)c1C. The zero-order valence-corrected chi connectivity index (χ0v) is 15.2. The predicted molar refractivity (Wildman–Crippen MR) is 89.8 cm³/mol. The normalized spacial score (nSPS) is 12.5. The van der Waals surface area contributed by atoms with Crippen molar-refractivity contribution in [3.63, 3.8) is 0 Å². The molecule has 0 aliphatic carbocycles. The Kier molecular flexibility index (Phi) is 5.05. The van der Waals surface area contributed by atoms with Crippen molar-refractivity contribution in [1.29, 1.82) is 0 Å². The Morgan fingerprint density at radius 3 is 2.55 bits per heavy atom. The Bertz CT molecular complexity index is 688. The molecule has 0 bridgehead atoms. The minimum atomic E-state index is -0.189. The summed E-state index contributed by atoms with van der Waals surface area (Å²) in [5.41, 5.74) is 2.86. The Morgan fingerprint density at radius 1 is 1.32 bits per heavy atom. The summed E-state index contributed by atoms with van der Waals surface area (Å²) in [5, 5.41) is 11.7. The van der Waals surface area contributed by atoms with Gasteiger partial charge in [0.1, 0.15) is 5.82 Å². The van der Waals surface area contributed by atoms with E-state index in [4.69, 9.17) is 0 Å². The van der Waals surface area contributed by atoms with Gasteiger partial charge in [-0.3, -0.25) is 9.48 Å². The molecule has 2 aromatic heterocycles. The fourth-order valence-corrected chi connectivity index (χ4v) is 2.62. The fourth-order valence-electron chi connectivity index (χ4n) is 2.33. The van der Waals surface area contributed by atoms with Crippen LogP contribution in [0.2, 0.25) is 0 Å². The van der Waals surface area contributed by atoms with Crippen LogP contribution in [-0.4, -0.2) is 25.5 Å². The summed E-state index contributed by atoms with van der Waals surface area (Å²) in [4.78, 5) is 12.4. The molecule has 0 aliphatic heterocycles. The van der Waals surface area contributed by atoms with Crippen LogP contribution in [0.5, 0.6) is 0 Å². The number of carbonyl (C=O) groups is 1. The van der Waals surface area contributed by atoms with Crippen molar-refractivity contribution in [3.05, 3.63) is 27.6 Å². The third kappa shape index (κ3) is 3.40. The number of amides is 1. The number of halogens is 1. The summed E-state index contributed by atoms with van der Waals surface area (Å²) >= 11 is 3.51. The van der Waals surface area contributed by atoms with Crippen molar-refractivity contribution < 1.29 is 4.79 Å². The Balaban J connectivity index is 2.07. The highest BCUT2D eigenvalue weighted by atomic mass is 79.9. The first-order valence-electron chi connectivity index (χ1n) is 7.38. The molecule has 0 radical (unpaired) electrons. The molecule has 1 atom stereocenters. The van der Waals surface area contributed by atoms with E-state index in [1.807, 2.05) is 45.4 Å². The van der Waals surface area contributed by atoms with E-state index in [1.165, 1.54) is 0 Å². The first kappa shape index (κ1) is 16.7. The van der Waals surface area contributed by atoms with Gasteiger partial charge in [0.15, 0.2) is 0 Å². The highest BCUT2D eigenvalue weighted by Gasteiger charge is 2.18. The van der Waals surface area contributed by atoms with Crippen LogP contribution < -0.4 is 5.32 Å². The van der Waals surface area contributed by atoms with Crippen LogP contribution in [0.1, 0.15) is 30.9 Å². The Morgan fingerprint density at radius 2 is 2.00 bits per heavy atom. The molecule has 2 heterocycles. The minimum Gasteiger partial charge on any atom is -0.311 e. The van der Waals surface area contributed by atoms with Crippen LogP contribution >= 0.6 is 15.9 Å². The second-order valence-corrected chi connectivity index (χ2v) is 6.34. The van der Waals surface area contributed by atoms with Crippen LogP contribution in [0, 0.1) is 26.7 Å². The number of aryl methyl sites for hydroxylation is 3. The average Bonchev–Trinajstić information content (AvgIpc) is 2.94. The summed E-state index contributed by atoms with van der Waals surface area (Å²) in [6, 6.07) is 1.88. The molecule has 120 valence electrons. The molecule has 0 saturated carbocycles. The summed E-state index contributed by atoms with van der Waals surface area (Å²) < 4.78 is 4.66. The van der Waals surface area contributed by atoms with Gasteiger partial charge < -0.3 is 5.32 Å². The number of hydrogen-bond acceptors (Lipinski definition) is 3. The predicted octanol–water partition coefficient (Wildman–Crippen LogP) is 3.06. The van der Waals surface area contributed by atoms with Crippen molar-refractivity contribution in [2.24, 2.45) is 5.92 Å². The summed E-state index contributed by atoms with van der Waals surface area (Å²) in [6.07, 6.45) is 0. The monoisotopic (exact) mass is 367 g/mol. The van der Waals surface area contributed by atoms with Gasteiger partial charge in [-0.15, -0.1) is 0 Å². The molecule has 22 heavy (non-hydrogen) atoms. The number of aromatic nitrogens is 4. The third-order valence-corrected chi connectivity index (χ3v) is 4.79. The topological polar surface area (TPSA) is 64.7 Å². The second-order valence-electron chi connectivity index (χ2n) is 5.54. The van der Waals surface area contributed by atoms with Gasteiger partial charge in [-0.25, -0.2) is 4.68 Å². The fraction of sp³-hybridized carbons (Fsp3) is 0.533. The van der Waals surface area contributed by atoms with E-state index in [9.17, 15) is 4.79 Å². The number of hydrogen-bond donors (Lipinski definition) is 1. The first-order valence-corrected chi connectivity index (χ1v) is 8.17. The van der Waals surface area contributed by atoms with Crippen molar-refractivity contribution >= 4 is 27.7 Å². The van der Waals surface area contributed by atoms with E-state index in [2.05, 4.69) is 31.4 Å². The third-order valence-electron chi connectivity index (χ3n) is 3.64. The Hall–Kier alpha value is -1.63. The zero-order valence-electron chi connectivity index (χ0n) is 13.6. The molecule has 0 aliphatic rings. The lowest BCUT2D eigenvalue weighted by molar-refractivity contribution is -0.119. The Labute approximate surface area is 139 Å². The van der Waals surface area contributed by atoms with Crippen molar-refractivity contribution in [2.75, 3.05) is 5.32 Å². The van der Waals surface area contributed by atoms with E-state index in [-0.39, 0.29) is 11.8 Å². The zero-order chi connectivity index (χ0) is 16.4. The van der Waals surface area contributed by atoms with E-state index < -0.39 is 0 Å². The molecule has 2 rings (SSSR count). The molecule has 0 fully saturated rings. The summed E-state index contributed by atoms with van der Waals surface area (Å²) in [6.45, 7) is 11.0.